The monoisotopic (exact) mass is 186 g/mol. The summed E-state index contributed by atoms with van der Waals surface area (Å²) in [4.78, 5) is 21.1. The lowest BCUT2D eigenvalue weighted by Gasteiger charge is -2.09. The van der Waals surface area contributed by atoms with E-state index in [1.807, 2.05) is 0 Å². The van der Waals surface area contributed by atoms with Crippen LogP contribution in [-0.4, -0.2) is 34.9 Å². The zero-order valence-electron chi connectivity index (χ0n) is 6.90. The van der Waals surface area contributed by atoms with Gasteiger partial charge in [0.2, 0.25) is 0 Å². The van der Waals surface area contributed by atoms with Gasteiger partial charge in [-0.25, -0.2) is 4.79 Å². The molecular formula is C8H10O5. The van der Waals surface area contributed by atoms with E-state index in [0.29, 0.717) is 6.61 Å². The molecule has 1 rings (SSSR count). The summed E-state index contributed by atoms with van der Waals surface area (Å²) in [5, 5.41) is 17.2. The molecule has 0 spiro atoms. The summed E-state index contributed by atoms with van der Waals surface area (Å²) in [6.45, 7) is 3.73. The van der Waals surface area contributed by atoms with Gasteiger partial charge < -0.3 is 14.9 Å². The minimum atomic E-state index is -1.27. The standard InChI is InChI=1S/C8H10O5/c1-4(7(9)10)6(8(11)12)2-5-3-13-5/h5-6H,1-3H2,(H,9,10)(H,11,12). The Kier molecular flexibility index (Phi) is 2.67. The molecule has 1 aliphatic heterocycles. The fourth-order valence-electron chi connectivity index (χ4n) is 1.01. The van der Waals surface area contributed by atoms with Gasteiger partial charge in [-0.2, -0.15) is 0 Å². The summed E-state index contributed by atoms with van der Waals surface area (Å²) in [6.07, 6.45) is 0.0812. The van der Waals surface area contributed by atoms with Gasteiger partial charge >= 0.3 is 11.9 Å². The van der Waals surface area contributed by atoms with Crippen LogP contribution in [0.5, 0.6) is 0 Å². The summed E-state index contributed by atoms with van der Waals surface area (Å²) in [5.41, 5.74) is -0.289. The predicted molar refractivity (Wildman–Crippen MR) is 42.3 cm³/mol. The van der Waals surface area contributed by atoms with Gasteiger partial charge in [0, 0.05) is 5.57 Å². The van der Waals surface area contributed by atoms with Crippen LogP contribution >= 0.6 is 0 Å². The highest BCUT2D eigenvalue weighted by Gasteiger charge is 2.33. The SMILES string of the molecule is C=C(C(=O)O)C(CC1CO1)C(=O)O. The molecule has 1 fully saturated rings. The molecule has 5 nitrogen and oxygen atoms in total. The van der Waals surface area contributed by atoms with Crippen molar-refractivity contribution in [2.45, 2.75) is 12.5 Å². The molecule has 5 heteroatoms. The van der Waals surface area contributed by atoms with Crippen molar-refractivity contribution in [3.63, 3.8) is 0 Å². The van der Waals surface area contributed by atoms with Gasteiger partial charge in [-0.1, -0.05) is 6.58 Å². The average molecular weight is 186 g/mol. The molecule has 0 aliphatic carbocycles. The van der Waals surface area contributed by atoms with E-state index in [9.17, 15) is 9.59 Å². The van der Waals surface area contributed by atoms with Crippen LogP contribution in [0.1, 0.15) is 6.42 Å². The van der Waals surface area contributed by atoms with E-state index in [1.54, 1.807) is 0 Å². The lowest BCUT2D eigenvalue weighted by Crippen LogP contribution is -2.22. The van der Waals surface area contributed by atoms with Crippen LogP contribution in [0.3, 0.4) is 0 Å². The van der Waals surface area contributed by atoms with Gasteiger partial charge in [0.15, 0.2) is 0 Å². The fourth-order valence-corrected chi connectivity index (χ4v) is 1.01. The molecule has 0 aromatic rings. The largest absolute Gasteiger partial charge is 0.481 e. The Balaban J connectivity index is 2.59. The second-order valence-corrected chi connectivity index (χ2v) is 2.91. The first-order valence-corrected chi connectivity index (χ1v) is 3.79. The smallest absolute Gasteiger partial charge is 0.331 e. The van der Waals surface area contributed by atoms with Gasteiger partial charge in [-0.15, -0.1) is 0 Å². The van der Waals surface area contributed by atoms with Crippen molar-refractivity contribution >= 4 is 11.9 Å². The van der Waals surface area contributed by atoms with Gasteiger partial charge in [-0.3, -0.25) is 4.79 Å². The van der Waals surface area contributed by atoms with Crippen molar-refractivity contribution in [1.82, 2.24) is 0 Å². The van der Waals surface area contributed by atoms with Crippen LogP contribution < -0.4 is 0 Å². The second kappa shape index (κ2) is 3.57. The topological polar surface area (TPSA) is 87.1 Å². The Morgan fingerprint density at radius 2 is 2.08 bits per heavy atom. The molecule has 1 heterocycles. The Bertz CT molecular complexity index is 253. The molecule has 72 valence electrons. The number of aliphatic carboxylic acids is 2. The van der Waals surface area contributed by atoms with E-state index in [0.717, 1.165) is 0 Å². The summed E-state index contributed by atoms with van der Waals surface area (Å²) in [5.74, 6) is -3.47. The number of hydrogen-bond donors (Lipinski definition) is 2. The number of rotatable bonds is 5. The summed E-state index contributed by atoms with van der Waals surface area (Å²) in [6, 6.07) is 0. The molecule has 0 bridgehead atoms. The van der Waals surface area contributed by atoms with E-state index in [1.165, 1.54) is 0 Å². The molecule has 13 heavy (non-hydrogen) atoms. The second-order valence-electron chi connectivity index (χ2n) is 2.91. The molecule has 1 aliphatic rings. The molecule has 2 atom stereocenters. The van der Waals surface area contributed by atoms with E-state index in [4.69, 9.17) is 14.9 Å². The third-order valence-corrected chi connectivity index (χ3v) is 1.89. The maximum atomic E-state index is 10.6. The van der Waals surface area contributed by atoms with Gasteiger partial charge in [0.1, 0.15) is 0 Å². The maximum absolute atomic E-state index is 10.6. The number of carboxylic acid groups (broad SMARTS) is 2. The van der Waals surface area contributed by atoms with Crippen LogP contribution in [-0.2, 0) is 14.3 Å². The zero-order valence-corrected chi connectivity index (χ0v) is 6.90. The number of hydrogen-bond acceptors (Lipinski definition) is 3. The third kappa shape index (κ3) is 2.55. The summed E-state index contributed by atoms with van der Waals surface area (Å²) < 4.78 is 4.82. The minimum Gasteiger partial charge on any atom is -0.481 e. The zero-order chi connectivity index (χ0) is 10.0. The van der Waals surface area contributed by atoms with Crippen LogP contribution in [0.15, 0.2) is 12.2 Å². The van der Waals surface area contributed by atoms with Crippen molar-refractivity contribution in [1.29, 1.82) is 0 Å². The number of carboxylic acids is 2. The van der Waals surface area contributed by atoms with Crippen molar-refractivity contribution in [3.05, 3.63) is 12.2 Å². The molecule has 0 saturated carbocycles. The molecule has 0 amide bonds. The number of ether oxygens (including phenoxy) is 1. The van der Waals surface area contributed by atoms with Gasteiger partial charge in [0.05, 0.1) is 18.6 Å². The average Bonchev–Trinajstić information content (AvgIpc) is 2.81. The Morgan fingerprint density at radius 1 is 1.54 bits per heavy atom. The lowest BCUT2D eigenvalue weighted by atomic mass is 9.95. The van der Waals surface area contributed by atoms with E-state index < -0.39 is 17.9 Å². The highest BCUT2D eigenvalue weighted by Crippen LogP contribution is 2.24. The number of epoxide rings is 1. The summed E-state index contributed by atoms with van der Waals surface area (Å²) >= 11 is 0. The lowest BCUT2D eigenvalue weighted by molar-refractivity contribution is -0.144. The first kappa shape index (κ1) is 9.73. The number of carbonyl (C=O) groups is 2. The van der Waals surface area contributed by atoms with E-state index >= 15 is 0 Å². The predicted octanol–water partition coefficient (Wildman–Crippen LogP) is 0.117. The fraction of sp³-hybridized carbons (Fsp3) is 0.500. The quantitative estimate of drug-likeness (QED) is 0.470. The minimum absolute atomic E-state index is 0.114. The Morgan fingerprint density at radius 3 is 2.38 bits per heavy atom. The maximum Gasteiger partial charge on any atom is 0.331 e. The highest BCUT2D eigenvalue weighted by atomic mass is 16.6. The third-order valence-electron chi connectivity index (χ3n) is 1.89. The molecule has 2 unspecified atom stereocenters. The van der Waals surface area contributed by atoms with Gasteiger partial charge in [0.25, 0.3) is 0 Å². The van der Waals surface area contributed by atoms with Crippen molar-refractivity contribution in [3.8, 4) is 0 Å². The van der Waals surface area contributed by atoms with Crippen LogP contribution in [0.4, 0.5) is 0 Å². The molecule has 0 radical (unpaired) electrons. The van der Waals surface area contributed by atoms with Crippen LogP contribution in [0.25, 0.3) is 0 Å². The van der Waals surface area contributed by atoms with Crippen LogP contribution in [0.2, 0.25) is 0 Å². The first-order chi connectivity index (χ1) is 6.02. The highest BCUT2D eigenvalue weighted by molar-refractivity contribution is 5.93. The van der Waals surface area contributed by atoms with E-state index in [2.05, 4.69) is 6.58 Å². The van der Waals surface area contributed by atoms with Gasteiger partial charge in [-0.05, 0) is 6.42 Å². The van der Waals surface area contributed by atoms with Crippen molar-refractivity contribution in [2.24, 2.45) is 5.92 Å². The Hall–Kier alpha value is -1.36. The Labute approximate surface area is 74.6 Å². The molecule has 0 aromatic carbocycles. The summed E-state index contributed by atoms with van der Waals surface area (Å²) in [7, 11) is 0. The first-order valence-electron chi connectivity index (χ1n) is 3.79. The van der Waals surface area contributed by atoms with Crippen molar-refractivity contribution in [2.75, 3.05) is 6.61 Å². The van der Waals surface area contributed by atoms with Crippen LogP contribution in [0, 0.1) is 5.92 Å². The molecular weight excluding hydrogens is 176 g/mol. The molecule has 0 aromatic heterocycles. The molecule has 2 N–H and O–H groups in total. The molecule has 1 saturated heterocycles. The normalized spacial score (nSPS) is 22.0. The van der Waals surface area contributed by atoms with E-state index in [-0.39, 0.29) is 18.1 Å². The van der Waals surface area contributed by atoms with Crippen molar-refractivity contribution < 1.29 is 24.5 Å².